The molecule has 0 saturated carbocycles. The largest absolute Gasteiger partial charge is 0.468 e. The molecular weight excluding hydrogens is 280 g/mol. The first-order valence-corrected chi connectivity index (χ1v) is 7.53. The summed E-state index contributed by atoms with van der Waals surface area (Å²) in [4.78, 5) is 14.5. The first-order valence-electron chi connectivity index (χ1n) is 7.53. The number of amides is 1. The van der Waals surface area contributed by atoms with E-state index in [2.05, 4.69) is 10.2 Å². The van der Waals surface area contributed by atoms with Gasteiger partial charge >= 0.3 is 0 Å². The zero-order chi connectivity index (χ0) is 15.2. The van der Waals surface area contributed by atoms with E-state index in [1.807, 2.05) is 42.5 Å². The SMILES string of the molecule is O=C(NC[C@H](c1ccco1)N1CCOCC1)c1ccccc1. The number of furan rings is 1. The molecule has 3 rings (SSSR count). The Balaban J connectivity index is 1.66. The molecule has 1 N–H and O–H groups in total. The predicted molar refractivity (Wildman–Crippen MR) is 82.6 cm³/mol. The molecule has 0 bridgehead atoms. The Labute approximate surface area is 129 Å². The molecule has 1 aromatic carbocycles. The average Bonchev–Trinajstić information content (AvgIpc) is 3.11. The van der Waals surface area contributed by atoms with Gasteiger partial charge in [-0.3, -0.25) is 9.69 Å². The lowest BCUT2D eigenvalue weighted by Crippen LogP contribution is -2.43. The van der Waals surface area contributed by atoms with Crippen LogP contribution in [-0.4, -0.2) is 43.7 Å². The molecule has 1 amide bonds. The van der Waals surface area contributed by atoms with Crippen molar-refractivity contribution in [3.05, 3.63) is 60.1 Å². The van der Waals surface area contributed by atoms with Crippen LogP contribution in [0.25, 0.3) is 0 Å². The van der Waals surface area contributed by atoms with Gasteiger partial charge in [0.25, 0.3) is 5.91 Å². The molecule has 5 heteroatoms. The van der Waals surface area contributed by atoms with Gasteiger partial charge in [0.2, 0.25) is 0 Å². The summed E-state index contributed by atoms with van der Waals surface area (Å²) in [7, 11) is 0. The van der Waals surface area contributed by atoms with E-state index in [0.29, 0.717) is 25.3 Å². The van der Waals surface area contributed by atoms with Crippen LogP contribution in [0, 0.1) is 0 Å². The highest BCUT2D eigenvalue weighted by atomic mass is 16.5. The molecule has 1 aromatic heterocycles. The second-order valence-corrected chi connectivity index (χ2v) is 5.26. The number of rotatable bonds is 5. The van der Waals surface area contributed by atoms with Gasteiger partial charge in [-0.1, -0.05) is 18.2 Å². The van der Waals surface area contributed by atoms with Crippen LogP contribution >= 0.6 is 0 Å². The summed E-state index contributed by atoms with van der Waals surface area (Å²) in [5, 5.41) is 3.00. The average molecular weight is 300 g/mol. The number of carbonyl (C=O) groups is 1. The standard InChI is InChI=1S/C17H20N2O3/c20-17(14-5-2-1-3-6-14)18-13-15(16-7-4-10-22-16)19-8-11-21-12-9-19/h1-7,10,15H,8-9,11-13H2,(H,18,20)/t15-/m1/s1. The fourth-order valence-electron chi connectivity index (χ4n) is 2.66. The summed E-state index contributed by atoms with van der Waals surface area (Å²) in [6, 6.07) is 13.1. The minimum absolute atomic E-state index is 0.0339. The highest BCUT2D eigenvalue weighted by Gasteiger charge is 2.25. The third kappa shape index (κ3) is 3.55. The van der Waals surface area contributed by atoms with Gasteiger partial charge in [-0.2, -0.15) is 0 Å². The number of nitrogens with one attached hydrogen (secondary N) is 1. The van der Waals surface area contributed by atoms with Crippen molar-refractivity contribution >= 4 is 5.91 Å². The van der Waals surface area contributed by atoms with E-state index in [4.69, 9.17) is 9.15 Å². The maximum atomic E-state index is 12.2. The number of nitrogens with zero attached hydrogens (tertiary/aromatic N) is 1. The lowest BCUT2D eigenvalue weighted by molar-refractivity contribution is 0.0118. The molecule has 5 nitrogen and oxygen atoms in total. The zero-order valence-electron chi connectivity index (χ0n) is 12.4. The van der Waals surface area contributed by atoms with Crippen LogP contribution in [0.1, 0.15) is 22.2 Å². The van der Waals surface area contributed by atoms with Gasteiger partial charge in [-0.15, -0.1) is 0 Å². The van der Waals surface area contributed by atoms with Crippen LogP contribution in [0.3, 0.4) is 0 Å². The summed E-state index contributed by atoms with van der Waals surface area (Å²) in [6.45, 7) is 3.62. The minimum Gasteiger partial charge on any atom is -0.468 e. The van der Waals surface area contributed by atoms with Gasteiger partial charge in [0.15, 0.2) is 0 Å². The van der Waals surface area contributed by atoms with Crippen molar-refractivity contribution in [1.29, 1.82) is 0 Å². The summed E-state index contributed by atoms with van der Waals surface area (Å²) in [5.74, 6) is 0.806. The van der Waals surface area contributed by atoms with E-state index in [9.17, 15) is 4.79 Å². The van der Waals surface area contributed by atoms with Gasteiger partial charge in [0.1, 0.15) is 5.76 Å². The van der Waals surface area contributed by atoms with Crippen LogP contribution < -0.4 is 5.32 Å². The highest BCUT2D eigenvalue weighted by molar-refractivity contribution is 5.94. The molecular formula is C17H20N2O3. The van der Waals surface area contributed by atoms with Crippen molar-refractivity contribution in [3.63, 3.8) is 0 Å². The molecule has 0 aliphatic carbocycles. The van der Waals surface area contributed by atoms with Gasteiger partial charge in [0, 0.05) is 25.2 Å². The Hall–Kier alpha value is -2.11. The number of carbonyl (C=O) groups excluding carboxylic acids is 1. The van der Waals surface area contributed by atoms with Crippen molar-refractivity contribution < 1.29 is 13.9 Å². The molecule has 1 saturated heterocycles. The van der Waals surface area contributed by atoms with Crippen LogP contribution in [-0.2, 0) is 4.74 Å². The van der Waals surface area contributed by atoms with Crippen molar-refractivity contribution in [2.45, 2.75) is 6.04 Å². The molecule has 0 radical (unpaired) electrons. The summed E-state index contributed by atoms with van der Waals surface area (Å²) < 4.78 is 11.0. The molecule has 2 heterocycles. The van der Waals surface area contributed by atoms with Crippen molar-refractivity contribution in [2.24, 2.45) is 0 Å². The van der Waals surface area contributed by atoms with Gasteiger partial charge in [-0.05, 0) is 24.3 Å². The fraction of sp³-hybridized carbons (Fsp3) is 0.353. The topological polar surface area (TPSA) is 54.7 Å². The fourth-order valence-corrected chi connectivity index (χ4v) is 2.66. The molecule has 0 unspecified atom stereocenters. The normalized spacial score (nSPS) is 17.1. The van der Waals surface area contributed by atoms with Gasteiger partial charge < -0.3 is 14.5 Å². The summed E-state index contributed by atoms with van der Waals surface area (Å²) in [6.07, 6.45) is 1.67. The first-order chi connectivity index (χ1) is 10.8. The lowest BCUT2D eigenvalue weighted by atomic mass is 10.1. The summed E-state index contributed by atoms with van der Waals surface area (Å²) in [5.41, 5.74) is 0.669. The monoisotopic (exact) mass is 300 g/mol. The Morgan fingerprint density at radius 1 is 1.14 bits per heavy atom. The Morgan fingerprint density at radius 2 is 1.91 bits per heavy atom. The van der Waals surface area contributed by atoms with E-state index in [0.717, 1.165) is 18.8 Å². The summed E-state index contributed by atoms with van der Waals surface area (Å²) >= 11 is 0. The van der Waals surface area contributed by atoms with E-state index >= 15 is 0 Å². The predicted octanol–water partition coefficient (Wildman–Crippen LogP) is 2.08. The number of benzene rings is 1. The Morgan fingerprint density at radius 3 is 2.59 bits per heavy atom. The van der Waals surface area contributed by atoms with Gasteiger partial charge in [0.05, 0.1) is 25.5 Å². The number of ether oxygens (including phenoxy) is 1. The Kier molecular flexibility index (Phi) is 4.88. The lowest BCUT2D eigenvalue weighted by Gasteiger charge is -2.33. The van der Waals surface area contributed by atoms with Gasteiger partial charge in [-0.25, -0.2) is 0 Å². The molecule has 1 aliphatic rings. The van der Waals surface area contributed by atoms with E-state index in [1.54, 1.807) is 6.26 Å². The van der Waals surface area contributed by atoms with Crippen molar-refractivity contribution in [1.82, 2.24) is 10.2 Å². The van der Waals surface area contributed by atoms with Crippen LogP contribution in [0.4, 0.5) is 0 Å². The third-order valence-electron chi connectivity index (χ3n) is 3.85. The second-order valence-electron chi connectivity index (χ2n) is 5.26. The molecule has 0 spiro atoms. The smallest absolute Gasteiger partial charge is 0.251 e. The maximum Gasteiger partial charge on any atom is 0.251 e. The molecule has 2 aromatic rings. The quantitative estimate of drug-likeness (QED) is 0.918. The third-order valence-corrected chi connectivity index (χ3v) is 3.85. The Bertz CT molecular complexity index is 577. The maximum absolute atomic E-state index is 12.2. The second kappa shape index (κ2) is 7.24. The number of morpholine rings is 1. The van der Waals surface area contributed by atoms with Crippen LogP contribution in [0.5, 0.6) is 0 Å². The van der Waals surface area contributed by atoms with E-state index in [-0.39, 0.29) is 11.9 Å². The van der Waals surface area contributed by atoms with E-state index < -0.39 is 0 Å². The van der Waals surface area contributed by atoms with Crippen molar-refractivity contribution in [2.75, 3.05) is 32.8 Å². The van der Waals surface area contributed by atoms with E-state index in [1.165, 1.54) is 0 Å². The van der Waals surface area contributed by atoms with Crippen molar-refractivity contribution in [3.8, 4) is 0 Å². The number of hydrogen-bond donors (Lipinski definition) is 1. The first kappa shape index (κ1) is 14.8. The molecule has 116 valence electrons. The molecule has 22 heavy (non-hydrogen) atoms. The van der Waals surface area contributed by atoms with Crippen LogP contribution in [0.2, 0.25) is 0 Å². The highest BCUT2D eigenvalue weighted by Crippen LogP contribution is 2.21. The zero-order valence-corrected chi connectivity index (χ0v) is 12.4. The van der Waals surface area contributed by atoms with Crippen LogP contribution in [0.15, 0.2) is 53.1 Å². The molecule has 1 fully saturated rings. The molecule has 1 aliphatic heterocycles. The number of hydrogen-bond acceptors (Lipinski definition) is 4. The minimum atomic E-state index is -0.0644. The molecule has 1 atom stereocenters.